The number of ether oxygens (including phenoxy) is 2. The van der Waals surface area contributed by atoms with Gasteiger partial charge >= 0.3 is 0 Å². The number of hydrogen-bond acceptors (Lipinski definition) is 6. The maximum absolute atomic E-state index is 11.9. The second kappa shape index (κ2) is 6.34. The fraction of sp³-hybridized carbons (Fsp3) is 0.143. The summed E-state index contributed by atoms with van der Waals surface area (Å²) in [4.78, 5) is 8.28. The summed E-state index contributed by atoms with van der Waals surface area (Å²) in [7, 11) is -1.20. The molecule has 0 atom stereocenters. The molecule has 0 amide bonds. The maximum Gasteiger partial charge on any atom is 0.241 e. The van der Waals surface area contributed by atoms with Gasteiger partial charge < -0.3 is 9.47 Å². The summed E-state index contributed by atoms with van der Waals surface area (Å²) in [5, 5.41) is 6.18. The van der Waals surface area contributed by atoms with Crippen molar-refractivity contribution in [1.29, 1.82) is 0 Å². The van der Waals surface area contributed by atoms with Crippen LogP contribution in [0.15, 0.2) is 29.3 Å². The second-order valence-corrected chi connectivity index (χ2v) is 7.27. The third-order valence-electron chi connectivity index (χ3n) is 3.42. The van der Waals surface area contributed by atoms with Crippen molar-refractivity contribution in [3.8, 4) is 17.7 Å². The van der Waals surface area contributed by atoms with Crippen molar-refractivity contribution in [3.63, 3.8) is 0 Å². The minimum Gasteiger partial charge on any atom is -0.480 e. The third kappa shape index (κ3) is 3.11. The molecule has 2 N–H and O–H groups in total. The number of fused-ring (bicyclic) bond motifs is 1. The fourth-order valence-corrected chi connectivity index (χ4v) is 3.47. The number of aromatic nitrogens is 3. The largest absolute Gasteiger partial charge is 0.480 e. The number of nitrogens with two attached hydrogens (primary N) is 1. The van der Waals surface area contributed by atoms with Crippen LogP contribution in [0.1, 0.15) is 0 Å². The maximum atomic E-state index is 11.9. The van der Waals surface area contributed by atoms with Crippen LogP contribution in [0.5, 0.6) is 11.8 Å². The Morgan fingerprint density at radius 2 is 1.72 bits per heavy atom. The third-order valence-corrected chi connectivity index (χ3v) is 4.92. The molecule has 25 heavy (non-hydrogen) atoms. The number of sulfonamides is 1. The van der Waals surface area contributed by atoms with Crippen LogP contribution < -0.4 is 14.6 Å². The van der Waals surface area contributed by atoms with Crippen molar-refractivity contribution < 1.29 is 17.9 Å². The highest BCUT2D eigenvalue weighted by Crippen LogP contribution is 2.34. The van der Waals surface area contributed by atoms with Crippen molar-refractivity contribution >= 4 is 44.1 Å². The lowest BCUT2D eigenvalue weighted by atomic mass is 10.2. The first-order chi connectivity index (χ1) is 11.8. The zero-order chi connectivity index (χ0) is 18.4. The van der Waals surface area contributed by atoms with E-state index in [0.717, 1.165) is 0 Å². The van der Waals surface area contributed by atoms with E-state index >= 15 is 0 Å². The lowest BCUT2D eigenvalue weighted by molar-refractivity contribution is 0.371. The van der Waals surface area contributed by atoms with E-state index in [0.29, 0.717) is 15.9 Å². The Hall–Kier alpha value is -2.07. The Balaban J connectivity index is 2.38. The lowest BCUT2D eigenvalue weighted by Crippen LogP contribution is -2.11. The highest BCUT2D eigenvalue weighted by molar-refractivity contribution is 7.89. The van der Waals surface area contributed by atoms with E-state index in [1.165, 1.54) is 25.0 Å². The first-order valence-corrected chi connectivity index (χ1v) is 9.05. The molecule has 0 bridgehead atoms. The molecule has 0 aliphatic rings. The van der Waals surface area contributed by atoms with Gasteiger partial charge in [0.25, 0.3) is 0 Å². The van der Waals surface area contributed by atoms with E-state index in [1.807, 2.05) is 0 Å². The topological polar surface area (TPSA) is 109 Å². The molecule has 0 spiro atoms. The van der Waals surface area contributed by atoms with E-state index in [1.54, 1.807) is 18.2 Å². The molecule has 0 aliphatic heterocycles. The second-order valence-electron chi connectivity index (χ2n) is 4.93. The van der Waals surface area contributed by atoms with Crippen LogP contribution in [0.4, 0.5) is 0 Å². The summed E-state index contributed by atoms with van der Waals surface area (Å²) in [6, 6.07) is 4.69. The van der Waals surface area contributed by atoms with Gasteiger partial charge in [-0.25, -0.2) is 13.6 Å². The number of halogens is 2. The quantitative estimate of drug-likeness (QED) is 0.717. The SMILES string of the molecule is COc1nc(-n2cc(S(N)(=O)=O)c3ccc(Cl)cc32)nc(OC)c1Cl. The fourth-order valence-electron chi connectivity index (χ4n) is 2.34. The van der Waals surface area contributed by atoms with Crippen molar-refractivity contribution in [2.24, 2.45) is 5.14 Å². The molecular weight excluding hydrogens is 391 g/mol. The van der Waals surface area contributed by atoms with Crippen LogP contribution in [0.2, 0.25) is 10.0 Å². The molecule has 0 unspecified atom stereocenters. The minimum absolute atomic E-state index is 0.0737. The van der Waals surface area contributed by atoms with Crippen molar-refractivity contribution in [2.45, 2.75) is 4.90 Å². The summed E-state index contributed by atoms with van der Waals surface area (Å²) in [5.74, 6) is 0.231. The summed E-state index contributed by atoms with van der Waals surface area (Å²) in [5.41, 5.74) is 0.447. The van der Waals surface area contributed by atoms with Crippen LogP contribution in [0.3, 0.4) is 0 Å². The van der Waals surface area contributed by atoms with E-state index in [2.05, 4.69) is 9.97 Å². The van der Waals surface area contributed by atoms with Crippen LogP contribution in [0, 0.1) is 0 Å². The molecule has 1 aromatic carbocycles. The van der Waals surface area contributed by atoms with Gasteiger partial charge in [0.15, 0.2) is 5.02 Å². The Bertz CT molecular complexity index is 1060. The number of primary sulfonamides is 1. The molecule has 132 valence electrons. The molecule has 8 nitrogen and oxygen atoms in total. The van der Waals surface area contributed by atoms with Gasteiger partial charge in [-0.1, -0.05) is 23.2 Å². The van der Waals surface area contributed by atoms with Crippen molar-refractivity contribution in [1.82, 2.24) is 14.5 Å². The Labute approximate surface area is 153 Å². The number of rotatable bonds is 4. The van der Waals surface area contributed by atoms with Crippen LogP contribution in [-0.4, -0.2) is 37.2 Å². The number of nitrogens with zero attached hydrogens (tertiary/aromatic N) is 3. The summed E-state index contributed by atoms with van der Waals surface area (Å²) < 4.78 is 35.4. The number of benzene rings is 1. The average molecular weight is 403 g/mol. The molecule has 3 rings (SSSR count). The molecule has 2 heterocycles. The van der Waals surface area contributed by atoms with Gasteiger partial charge in [-0.2, -0.15) is 9.97 Å². The van der Waals surface area contributed by atoms with Gasteiger partial charge in [-0.3, -0.25) is 4.57 Å². The Morgan fingerprint density at radius 3 is 2.24 bits per heavy atom. The predicted molar refractivity (Wildman–Crippen MR) is 93.4 cm³/mol. The molecule has 2 aromatic heterocycles. The van der Waals surface area contributed by atoms with E-state index in [4.69, 9.17) is 37.8 Å². The van der Waals surface area contributed by atoms with Gasteiger partial charge in [0.2, 0.25) is 27.7 Å². The predicted octanol–water partition coefficient (Wildman–Crippen LogP) is 2.39. The summed E-state index contributed by atoms with van der Waals surface area (Å²) in [6.45, 7) is 0. The first kappa shape index (κ1) is 17.7. The standard InChI is InChI=1S/C14H12Cl2N4O4S/c1-23-12-11(16)13(24-2)19-14(18-12)20-6-10(25(17,21)22)8-4-3-7(15)5-9(8)20/h3-6H,1-2H3,(H2,17,21,22). The van der Waals surface area contributed by atoms with Crippen LogP contribution >= 0.6 is 23.2 Å². The van der Waals surface area contributed by atoms with E-state index in [9.17, 15) is 8.42 Å². The van der Waals surface area contributed by atoms with Gasteiger partial charge in [0.1, 0.15) is 4.90 Å². The van der Waals surface area contributed by atoms with E-state index < -0.39 is 10.0 Å². The molecule has 0 saturated heterocycles. The van der Waals surface area contributed by atoms with Gasteiger partial charge in [0.05, 0.1) is 19.7 Å². The van der Waals surface area contributed by atoms with Crippen molar-refractivity contribution in [3.05, 3.63) is 34.4 Å². The van der Waals surface area contributed by atoms with Gasteiger partial charge in [-0.05, 0) is 18.2 Å². The average Bonchev–Trinajstić information content (AvgIpc) is 2.94. The van der Waals surface area contributed by atoms with Crippen molar-refractivity contribution in [2.75, 3.05) is 14.2 Å². The highest BCUT2D eigenvalue weighted by Gasteiger charge is 2.22. The molecule has 11 heteroatoms. The monoisotopic (exact) mass is 402 g/mol. The Kier molecular flexibility index (Phi) is 4.50. The molecule has 0 fully saturated rings. The molecule has 0 saturated carbocycles. The first-order valence-electron chi connectivity index (χ1n) is 6.75. The Morgan fingerprint density at radius 1 is 1.12 bits per heavy atom. The van der Waals surface area contributed by atoms with Crippen LogP contribution in [0.25, 0.3) is 16.9 Å². The number of methoxy groups -OCH3 is 2. The normalized spacial score (nSPS) is 11.7. The van der Waals surface area contributed by atoms with Crippen LogP contribution in [-0.2, 0) is 10.0 Å². The molecule has 0 aliphatic carbocycles. The summed E-state index contributed by atoms with van der Waals surface area (Å²) >= 11 is 12.1. The summed E-state index contributed by atoms with van der Waals surface area (Å²) in [6.07, 6.45) is 1.30. The van der Waals surface area contributed by atoms with Gasteiger partial charge in [-0.15, -0.1) is 0 Å². The zero-order valence-corrected chi connectivity index (χ0v) is 15.4. The van der Waals surface area contributed by atoms with E-state index in [-0.39, 0.29) is 27.6 Å². The lowest BCUT2D eigenvalue weighted by Gasteiger charge is -2.10. The molecular formula is C14H12Cl2N4O4S. The highest BCUT2D eigenvalue weighted by atomic mass is 35.5. The molecule has 0 radical (unpaired) electrons. The zero-order valence-electron chi connectivity index (χ0n) is 13.0. The van der Waals surface area contributed by atoms with Gasteiger partial charge in [0, 0.05) is 16.6 Å². The molecule has 3 aromatic rings. The minimum atomic E-state index is -3.98. The smallest absolute Gasteiger partial charge is 0.241 e. The number of hydrogen-bond donors (Lipinski definition) is 1.